The smallest absolute Gasteiger partial charge is 0.411 e. The Morgan fingerprint density at radius 1 is 1.09 bits per heavy atom. The molecule has 3 rings (SSSR count). The minimum absolute atomic E-state index is 0.212. The van der Waals surface area contributed by atoms with Crippen molar-refractivity contribution in [2.24, 2.45) is 0 Å². The van der Waals surface area contributed by atoms with Crippen LogP contribution in [0.25, 0.3) is 10.9 Å². The fourth-order valence-electron chi connectivity index (χ4n) is 2.12. The molecule has 1 heterocycles. The summed E-state index contributed by atoms with van der Waals surface area (Å²) in [6.45, 7) is 0.212. The summed E-state index contributed by atoms with van der Waals surface area (Å²) < 4.78 is 5.21. The maximum atomic E-state index is 11.9. The first-order valence-corrected chi connectivity index (χ1v) is 7.13. The molecule has 0 fully saturated rings. The minimum atomic E-state index is -0.531. The average molecular weight is 313 g/mol. The van der Waals surface area contributed by atoms with Gasteiger partial charge in [0.05, 0.1) is 11.2 Å². The molecule has 3 aromatic rings. The van der Waals surface area contributed by atoms with E-state index in [4.69, 9.17) is 16.3 Å². The van der Waals surface area contributed by atoms with E-state index in [1.54, 1.807) is 6.07 Å². The van der Waals surface area contributed by atoms with Crippen molar-refractivity contribution in [3.8, 4) is 0 Å². The number of carbonyl (C=O) groups is 1. The number of anilines is 1. The molecule has 1 N–H and O–H groups in total. The van der Waals surface area contributed by atoms with Crippen molar-refractivity contribution in [3.05, 3.63) is 71.4 Å². The number of nitrogens with one attached hydrogen (secondary N) is 1. The Bertz CT molecular complexity index is 806. The van der Waals surface area contributed by atoms with Gasteiger partial charge in [0.2, 0.25) is 0 Å². The highest BCUT2D eigenvalue weighted by Gasteiger charge is 2.09. The predicted molar refractivity (Wildman–Crippen MR) is 87.0 cm³/mol. The van der Waals surface area contributed by atoms with Crippen molar-refractivity contribution in [2.75, 3.05) is 5.32 Å². The zero-order valence-electron chi connectivity index (χ0n) is 11.6. The number of para-hydroxylation sites is 1. The molecule has 4 nitrogen and oxygen atoms in total. The van der Waals surface area contributed by atoms with E-state index in [0.29, 0.717) is 16.4 Å². The molecule has 5 heteroatoms. The monoisotopic (exact) mass is 312 g/mol. The van der Waals surface area contributed by atoms with E-state index in [9.17, 15) is 4.79 Å². The Balaban J connectivity index is 1.74. The van der Waals surface area contributed by atoms with Gasteiger partial charge >= 0.3 is 6.09 Å². The van der Waals surface area contributed by atoms with Crippen LogP contribution in [-0.2, 0) is 11.3 Å². The molecule has 0 aliphatic rings. The summed E-state index contributed by atoms with van der Waals surface area (Å²) in [6.07, 6.45) is -0.531. The highest BCUT2D eigenvalue weighted by Crippen LogP contribution is 2.25. The number of aromatic nitrogens is 1. The summed E-state index contributed by atoms with van der Waals surface area (Å²) in [7, 11) is 0. The molecule has 110 valence electrons. The molecule has 0 bridgehead atoms. The zero-order chi connectivity index (χ0) is 15.4. The van der Waals surface area contributed by atoms with E-state index < -0.39 is 6.09 Å². The van der Waals surface area contributed by atoms with Crippen LogP contribution in [0.15, 0.2) is 60.7 Å². The Morgan fingerprint density at radius 3 is 2.64 bits per heavy atom. The molecule has 1 amide bonds. The van der Waals surface area contributed by atoms with Crippen LogP contribution < -0.4 is 5.32 Å². The van der Waals surface area contributed by atoms with Crippen LogP contribution in [0.5, 0.6) is 0 Å². The molecule has 22 heavy (non-hydrogen) atoms. The van der Waals surface area contributed by atoms with Crippen LogP contribution in [0.1, 0.15) is 5.56 Å². The number of amides is 1. The third-order valence-electron chi connectivity index (χ3n) is 3.13. The number of ether oxygens (including phenoxy) is 1. The van der Waals surface area contributed by atoms with Gasteiger partial charge < -0.3 is 4.74 Å². The third kappa shape index (κ3) is 3.35. The van der Waals surface area contributed by atoms with Gasteiger partial charge in [-0.25, -0.2) is 9.78 Å². The van der Waals surface area contributed by atoms with E-state index in [0.717, 1.165) is 10.9 Å². The van der Waals surface area contributed by atoms with Gasteiger partial charge in [0.15, 0.2) is 0 Å². The number of pyridine rings is 1. The molecule has 2 aromatic carbocycles. The SMILES string of the molecule is O=C(Nc1cc(Cl)nc2ccccc12)OCc1ccccc1. The van der Waals surface area contributed by atoms with E-state index in [2.05, 4.69) is 10.3 Å². The Hall–Kier alpha value is -2.59. The number of rotatable bonds is 3. The predicted octanol–water partition coefficient (Wildman–Crippen LogP) is 4.64. The van der Waals surface area contributed by atoms with E-state index in [1.165, 1.54) is 0 Å². The summed E-state index contributed by atoms with van der Waals surface area (Å²) in [6, 6.07) is 18.5. The lowest BCUT2D eigenvalue weighted by atomic mass is 10.2. The maximum absolute atomic E-state index is 11.9. The summed E-state index contributed by atoms with van der Waals surface area (Å²) in [5, 5.41) is 3.84. The molecule has 0 saturated carbocycles. The molecule has 0 aliphatic heterocycles. The van der Waals surface area contributed by atoms with Gasteiger partial charge in [-0.2, -0.15) is 0 Å². The number of hydrogen-bond acceptors (Lipinski definition) is 3. The third-order valence-corrected chi connectivity index (χ3v) is 3.33. The fourth-order valence-corrected chi connectivity index (χ4v) is 2.32. The van der Waals surface area contributed by atoms with Crippen molar-refractivity contribution in [1.29, 1.82) is 0 Å². The average Bonchev–Trinajstić information content (AvgIpc) is 2.54. The van der Waals surface area contributed by atoms with Crippen LogP contribution in [0.2, 0.25) is 5.15 Å². The normalized spacial score (nSPS) is 10.4. The number of benzene rings is 2. The van der Waals surface area contributed by atoms with Crippen molar-refractivity contribution in [3.63, 3.8) is 0 Å². The Morgan fingerprint density at radius 2 is 1.82 bits per heavy atom. The second-order valence-electron chi connectivity index (χ2n) is 4.70. The largest absolute Gasteiger partial charge is 0.444 e. The van der Waals surface area contributed by atoms with Crippen molar-refractivity contribution < 1.29 is 9.53 Å². The van der Waals surface area contributed by atoms with E-state index in [-0.39, 0.29) is 6.61 Å². The van der Waals surface area contributed by atoms with Gasteiger partial charge in [-0.1, -0.05) is 60.1 Å². The number of carbonyl (C=O) groups excluding carboxylic acids is 1. The lowest BCUT2D eigenvalue weighted by Crippen LogP contribution is -2.14. The minimum Gasteiger partial charge on any atom is -0.444 e. The molecule has 0 unspecified atom stereocenters. The first-order valence-electron chi connectivity index (χ1n) is 6.75. The van der Waals surface area contributed by atoms with Crippen LogP contribution >= 0.6 is 11.6 Å². The molecular formula is C17H13ClN2O2. The van der Waals surface area contributed by atoms with Crippen LogP contribution in [0.3, 0.4) is 0 Å². The van der Waals surface area contributed by atoms with E-state index >= 15 is 0 Å². The van der Waals surface area contributed by atoms with Gasteiger partial charge in [-0.05, 0) is 17.7 Å². The van der Waals surface area contributed by atoms with Gasteiger partial charge in [-0.15, -0.1) is 0 Å². The van der Waals surface area contributed by atoms with Gasteiger partial charge in [-0.3, -0.25) is 5.32 Å². The Labute approximate surface area is 132 Å². The van der Waals surface area contributed by atoms with Crippen LogP contribution in [0.4, 0.5) is 10.5 Å². The molecule has 0 radical (unpaired) electrons. The molecule has 1 aromatic heterocycles. The number of nitrogens with zero attached hydrogens (tertiary/aromatic N) is 1. The van der Waals surface area contributed by atoms with Gasteiger partial charge in [0.25, 0.3) is 0 Å². The van der Waals surface area contributed by atoms with Crippen molar-refractivity contribution in [2.45, 2.75) is 6.61 Å². The molecule has 0 aliphatic carbocycles. The topological polar surface area (TPSA) is 51.2 Å². The van der Waals surface area contributed by atoms with Crippen molar-refractivity contribution in [1.82, 2.24) is 4.98 Å². The Kier molecular flexibility index (Phi) is 4.21. The zero-order valence-corrected chi connectivity index (χ0v) is 12.4. The summed E-state index contributed by atoms with van der Waals surface area (Å²) in [5.74, 6) is 0. The number of fused-ring (bicyclic) bond motifs is 1. The molecule has 0 saturated heterocycles. The highest BCUT2D eigenvalue weighted by molar-refractivity contribution is 6.30. The number of halogens is 1. The lowest BCUT2D eigenvalue weighted by molar-refractivity contribution is 0.155. The van der Waals surface area contributed by atoms with E-state index in [1.807, 2.05) is 54.6 Å². The molecule has 0 atom stereocenters. The fraction of sp³-hybridized carbons (Fsp3) is 0.0588. The second kappa shape index (κ2) is 6.45. The first-order chi connectivity index (χ1) is 10.7. The van der Waals surface area contributed by atoms with Crippen LogP contribution in [-0.4, -0.2) is 11.1 Å². The van der Waals surface area contributed by atoms with Gasteiger partial charge in [0.1, 0.15) is 11.8 Å². The second-order valence-corrected chi connectivity index (χ2v) is 5.08. The molecular weight excluding hydrogens is 300 g/mol. The van der Waals surface area contributed by atoms with Crippen LogP contribution in [0, 0.1) is 0 Å². The molecule has 0 spiro atoms. The summed E-state index contributed by atoms with van der Waals surface area (Å²) in [5.41, 5.74) is 2.22. The quantitative estimate of drug-likeness (QED) is 0.717. The first kappa shape index (κ1) is 14.4. The lowest BCUT2D eigenvalue weighted by Gasteiger charge is -2.10. The maximum Gasteiger partial charge on any atom is 0.411 e. The highest BCUT2D eigenvalue weighted by atomic mass is 35.5. The van der Waals surface area contributed by atoms with Gasteiger partial charge in [0, 0.05) is 5.39 Å². The van der Waals surface area contributed by atoms with Crippen molar-refractivity contribution >= 4 is 34.3 Å². The summed E-state index contributed by atoms with van der Waals surface area (Å²) in [4.78, 5) is 16.2. The summed E-state index contributed by atoms with van der Waals surface area (Å²) >= 11 is 5.98. The standard InChI is InChI=1S/C17H13ClN2O2/c18-16-10-15(13-8-4-5-9-14(13)19-16)20-17(21)22-11-12-6-2-1-3-7-12/h1-10H,11H2,(H,19,20,21). The number of hydrogen-bond donors (Lipinski definition) is 1.